The lowest BCUT2D eigenvalue weighted by Gasteiger charge is -2.25. The van der Waals surface area contributed by atoms with Crippen LogP contribution in [0.2, 0.25) is 0 Å². The van der Waals surface area contributed by atoms with Gasteiger partial charge in [-0.1, -0.05) is 48.5 Å². The smallest absolute Gasteiger partial charge is 0.248 e. The SMILES string of the molecule is Cc1nc2ccccc2c(-c2ccccc2)c1CC(=O)N1CCCC1C(=O)Nc1nccs1. The average Bonchev–Trinajstić information content (AvgIpc) is 3.52. The Balaban J connectivity index is 1.48. The van der Waals surface area contributed by atoms with Crippen molar-refractivity contribution in [2.75, 3.05) is 11.9 Å². The number of likely N-dealkylation sites (tertiary alicyclic amines) is 1. The van der Waals surface area contributed by atoms with Gasteiger partial charge in [-0.3, -0.25) is 14.6 Å². The van der Waals surface area contributed by atoms with E-state index in [-0.39, 0.29) is 18.2 Å². The van der Waals surface area contributed by atoms with Crippen LogP contribution in [0.5, 0.6) is 0 Å². The number of para-hydroxylation sites is 1. The number of pyridine rings is 1. The molecule has 1 atom stereocenters. The highest BCUT2D eigenvalue weighted by Crippen LogP contribution is 2.34. The quantitative estimate of drug-likeness (QED) is 0.466. The van der Waals surface area contributed by atoms with Gasteiger partial charge in [-0.2, -0.15) is 0 Å². The van der Waals surface area contributed by atoms with Gasteiger partial charge in [0.05, 0.1) is 11.9 Å². The fourth-order valence-corrected chi connectivity index (χ4v) is 5.12. The van der Waals surface area contributed by atoms with Crippen LogP contribution in [0.3, 0.4) is 0 Å². The highest BCUT2D eigenvalue weighted by molar-refractivity contribution is 7.13. The first-order valence-electron chi connectivity index (χ1n) is 11.1. The van der Waals surface area contributed by atoms with Crippen LogP contribution in [0.1, 0.15) is 24.1 Å². The summed E-state index contributed by atoms with van der Waals surface area (Å²) in [5.41, 5.74) is 4.75. The third-order valence-electron chi connectivity index (χ3n) is 6.13. The maximum atomic E-state index is 13.5. The number of benzene rings is 2. The molecule has 0 aliphatic carbocycles. The molecule has 5 rings (SSSR count). The number of anilines is 1. The van der Waals surface area contributed by atoms with Gasteiger partial charge >= 0.3 is 0 Å². The number of nitrogens with zero attached hydrogens (tertiary/aromatic N) is 3. The number of carbonyl (C=O) groups is 2. The summed E-state index contributed by atoms with van der Waals surface area (Å²) in [5.74, 6) is -0.225. The Hall–Kier alpha value is -3.58. The van der Waals surface area contributed by atoms with E-state index in [4.69, 9.17) is 4.98 Å². The first kappa shape index (κ1) is 21.3. The lowest BCUT2D eigenvalue weighted by molar-refractivity contribution is -0.136. The van der Waals surface area contributed by atoms with Crippen LogP contribution in [0.4, 0.5) is 5.13 Å². The number of nitrogens with one attached hydrogen (secondary N) is 1. The van der Waals surface area contributed by atoms with Crippen molar-refractivity contribution in [3.63, 3.8) is 0 Å². The molecule has 0 saturated carbocycles. The van der Waals surface area contributed by atoms with Crippen molar-refractivity contribution in [3.8, 4) is 11.1 Å². The molecule has 1 aliphatic heterocycles. The van der Waals surface area contributed by atoms with E-state index >= 15 is 0 Å². The van der Waals surface area contributed by atoms with Crippen molar-refractivity contribution in [2.45, 2.75) is 32.2 Å². The summed E-state index contributed by atoms with van der Waals surface area (Å²) >= 11 is 1.37. The molecule has 1 saturated heterocycles. The summed E-state index contributed by atoms with van der Waals surface area (Å²) in [7, 11) is 0. The van der Waals surface area contributed by atoms with Gasteiger partial charge in [-0.15, -0.1) is 11.3 Å². The molecule has 7 heteroatoms. The number of amides is 2. The highest BCUT2D eigenvalue weighted by Gasteiger charge is 2.35. The van der Waals surface area contributed by atoms with Crippen LogP contribution in [0.15, 0.2) is 66.2 Å². The number of fused-ring (bicyclic) bond motifs is 1. The molecule has 1 fully saturated rings. The molecule has 2 aromatic heterocycles. The van der Waals surface area contributed by atoms with E-state index in [2.05, 4.69) is 28.5 Å². The minimum absolute atomic E-state index is 0.0517. The van der Waals surface area contributed by atoms with Crippen molar-refractivity contribution in [1.82, 2.24) is 14.9 Å². The molecule has 0 radical (unpaired) electrons. The zero-order chi connectivity index (χ0) is 22.8. The second-order valence-electron chi connectivity index (χ2n) is 8.18. The van der Waals surface area contributed by atoms with Gasteiger partial charge in [0.1, 0.15) is 6.04 Å². The van der Waals surface area contributed by atoms with Gasteiger partial charge in [-0.25, -0.2) is 4.98 Å². The van der Waals surface area contributed by atoms with Crippen LogP contribution in [0.25, 0.3) is 22.0 Å². The standard InChI is InChI=1S/C26H24N4O2S/c1-17-20(24(18-8-3-2-4-9-18)19-10-5-6-11-21(19)28-17)16-23(31)30-14-7-12-22(30)25(32)29-26-27-13-15-33-26/h2-6,8-11,13,15,22H,7,12,14,16H2,1H3,(H,27,29,32). The molecular weight excluding hydrogens is 432 g/mol. The maximum absolute atomic E-state index is 13.5. The first-order valence-corrected chi connectivity index (χ1v) is 11.9. The largest absolute Gasteiger partial charge is 0.330 e. The molecule has 4 aromatic rings. The minimum atomic E-state index is -0.477. The van der Waals surface area contributed by atoms with Crippen LogP contribution >= 0.6 is 11.3 Å². The van der Waals surface area contributed by atoms with E-state index in [0.29, 0.717) is 18.1 Å². The zero-order valence-corrected chi connectivity index (χ0v) is 19.1. The second kappa shape index (κ2) is 9.11. The molecule has 1 aliphatic rings. The Morgan fingerprint density at radius 2 is 1.91 bits per heavy atom. The van der Waals surface area contributed by atoms with Crippen LogP contribution in [0, 0.1) is 6.92 Å². The fraction of sp³-hybridized carbons (Fsp3) is 0.231. The highest BCUT2D eigenvalue weighted by atomic mass is 32.1. The summed E-state index contributed by atoms with van der Waals surface area (Å²) in [6.07, 6.45) is 3.32. The molecule has 0 spiro atoms. The third-order valence-corrected chi connectivity index (χ3v) is 6.82. The van der Waals surface area contributed by atoms with Crippen LogP contribution < -0.4 is 5.32 Å². The van der Waals surface area contributed by atoms with Gasteiger partial charge in [0.25, 0.3) is 0 Å². The van der Waals surface area contributed by atoms with Gasteiger partial charge in [0, 0.05) is 29.2 Å². The van der Waals surface area contributed by atoms with Crippen molar-refractivity contribution in [2.24, 2.45) is 0 Å². The lowest BCUT2D eigenvalue weighted by atomic mass is 9.92. The van der Waals surface area contributed by atoms with E-state index in [1.807, 2.05) is 48.7 Å². The number of hydrogen-bond donors (Lipinski definition) is 1. The van der Waals surface area contributed by atoms with Gasteiger partial charge in [0.2, 0.25) is 11.8 Å². The number of carbonyl (C=O) groups excluding carboxylic acids is 2. The second-order valence-corrected chi connectivity index (χ2v) is 9.08. The average molecular weight is 457 g/mol. The summed E-state index contributed by atoms with van der Waals surface area (Å²) in [6.45, 7) is 2.54. The molecule has 2 aromatic carbocycles. The van der Waals surface area contributed by atoms with Crippen molar-refractivity contribution >= 4 is 39.2 Å². The van der Waals surface area contributed by atoms with Gasteiger partial charge < -0.3 is 10.2 Å². The summed E-state index contributed by atoms with van der Waals surface area (Å²) in [4.78, 5) is 37.0. The Kier molecular flexibility index (Phi) is 5.88. The van der Waals surface area contributed by atoms with Gasteiger partial charge in [0.15, 0.2) is 5.13 Å². The summed E-state index contributed by atoms with van der Waals surface area (Å²) < 4.78 is 0. The molecule has 1 N–H and O–H groups in total. The summed E-state index contributed by atoms with van der Waals surface area (Å²) in [5, 5.41) is 6.24. The normalized spacial score (nSPS) is 15.7. The van der Waals surface area contributed by atoms with E-state index in [9.17, 15) is 9.59 Å². The summed E-state index contributed by atoms with van der Waals surface area (Å²) in [6, 6.07) is 17.7. The Labute approximate surface area is 196 Å². The van der Waals surface area contributed by atoms with Crippen molar-refractivity contribution in [3.05, 3.63) is 77.4 Å². The molecule has 0 bridgehead atoms. The van der Waals surface area contributed by atoms with Crippen LogP contribution in [-0.2, 0) is 16.0 Å². The Morgan fingerprint density at radius 1 is 1.12 bits per heavy atom. The maximum Gasteiger partial charge on any atom is 0.248 e. The number of hydrogen-bond acceptors (Lipinski definition) is 5. The molecule has 1 unspecified atom stereocenters. The predicted octanol–water partition coefficient (Wildman–Crippen LogP) is 4.84. The van der Waals surface area contributed by atoms with E-state index in [0.717, 1.165) is 39.7 Å². The van der Waals surface area contributed by atoms with Gasteiger partial charge in [-0.05, 0) is 42.5 Å². The third kappa shape index (κ3) is 4.24. The predicted molar refractivity (Wildman–Crippen MR) is 131 cm³/mol. The lowest BCUT2D eigenvalue weighted by Crippen LogP contribution is -2.43. The molecule has 33 heavy (non-hydrogen) atoms. The number of aromatic nitrogens is 2. The van der Waals surface area contributed by atoms with Crippen molar-refractivity contribution in [1.29, 1.82) is 0 Å². The van der Waals surface area contributed by atoms with E-state index in [1.54, 1.807) is 11.1 Å². The Morgan fingerprint density at radius 3 is 2.70 bits per heavy atom. The van der Waals surface area contributed by atoms with Crippen molar-refractivity contribution < 1.29 is 9.59 Å². The van der Waals surface area contributed by atoms with E-state index < -0.39 is 6.04 Å². The zero-order valence-electron chi connectivity index (χ0n) is 18.3. The monoisotopic (exact) mass is 456 g/mol. The number of rotatable bonds is 5. The fourth-order valence-electron chi connectivity index (χ4n) is 4.59. The molecule has 2 amide bonds. The number of aryl methyl sites for hydroxylation is 1. The van der Waals surface area contributed by atoms with E-state index in [1.165, 1.54) is 11.3 Å². The molecule has 166 valence electrons. The Bertz CT molecular complexity index is 1300. The first-order chi connectivity index (χ1) is 16.1. The minimum Gasteiger partial charge on any atom is -0.330 e. The molecular formula is C26H24N4O2S. The molecule has 3 heterocycles. The topological polar surface area (TPSA) is 75.2 Å². The van der Waals surface area contributed by atoms with Crippen LogP contribution in [-0.4, -0.2) is 39.3 Å². The molecule has 6 nitrogen and oxygen atoms in total. The number of thiazole rings is 1.